The van der Waals surface area contributed by atoms with Gasteiger partial charge in [0.05, 0.1) is 9.80 Å². The van der Waals surface area contributed by atoms with Crippen molar-refractivity contribution in [2.75, 3.05) is 5.32 Å². The van der Waals surface area contributed by atoms with Crippen LogP contribution in [0.4, 0.5) is 17.1 Å². The third-order valence-electron chi connectivity index (χ3n) is 3.22. The normalized spacial score (nSPS) is 10.2. The van der Waals surface area contributed by atoms with E-state index in [1.54, 1.807) is 36.4 Å². The lowest BCUT2D eigenvalue weighted by molar-refractivity contribution is -0.384. The van der Waals surface area contributed by atoms with Gasteiger partial charge in [-0.3, -0.25) is 14.9 Å². The van der Waals surface area contributed by atoms with Crippen molar-refractivity contribution in [2.24, 2.45) is 5.11 Å². The first-order valence-corrected chi connectivity index (χ1v) is 7.53. The highest BCUT2D eigenvalue weighted by Crippen LogP contribution is 2.29. The maximum absolute atomic E-state index is 12.3. The highest BCUT2D eigenvalue weighted by molar-refractivity contribution is 7.20. The van der Waals surface area contributed by atoms with E-state index in [2.05, 4.69) is 15.3 Å². The van der Waals surface area contributed by atoms with Crippen LogP contribution in [-0.4, -0.2) is 10.8 Å². The minimum Gasteiger partial charge on any atom is -0.321 e. The number of rotatable bonds is 4. The van der Waals surface area contributed by atoms with E-state index in [-0.39, 0.29) is 11.6 Å². The lowest BCUT2D eigenvalue weighted by Crippen LogP contribution is -2.09. The Morgan fingerprint density at radius 3 is 2.62 bits per heavy atom. The lowest BCUT2D eigenvalue weighted by atomic mass is 10.2. The van der Waals surface area contributed by atoms with Crippen molar-refractivity contribution in [3.8, 4) is 0 Å². The summed E-state index contributed by atoms with van der Waals surface area (Å²) < 4.78 is 0.796. The zero-order valence-corrected chi connectivity index (χ0v) is 12.9. The zero-order valence-electron chi connectivity index (χ0n) is 12.0. The lowest BCUT2D eigenvalue weighted by Gasteiger charge is -2.03. The number of thiophene rings is 1. The number of nitro benzene ring substituents is 1. The summed E-state index contributed by atoms with van der Waals surface area (Å²) in [6, 6.07) is 12.5. The predicted molar refractivity (Wildman–Crippen MR) is 91.7 cm³/mol. The number of nitro groups is 1. The highest BCUT2D eigenvalue weighted by Gasteiger charge is 2.13. The van der Waals surface area contributed by atoms with Gasteiger partial charge in [0.1, 0.15) is 0 Å². The van der Waals surface area contributed by atoms with Gasteiger partial charge in [-0.05, 0) is 29.8 Å². The van der Waals surface area contributed by atoms with Gasteiger partial charge < -0.3 is 5.32 Å². The maximum Gasteiger partial charge on any atom is 0.270 e. The van der Waals surface area contributed by atoms with Crippen LogP contribution >= 0.6 is 11.3 Å². The van der Waals surface area contributed by atoms with Crippen LogP contribution in [0.1, 0.15) is 9.67 Å². The number of azide groups is 1. The number of nitrogens with one attached hydrogen (secondary N) is 1. The third-order valence-corrected chi connectivity index (χ3v) is 4.33. The van der Waals surface area contributed by atoms with Gasteiger partial charge >= 0.3 is 0 Å². The van der Waals surface area contributed by atoms with Gasteiger partial charge in [-0.1, -0.05) is 17.2 Å². The van der Waals surface area contributed by atoms with Crippen molar-refractivity contribution >= 4 is 44.4 Å². The van der Waals surface area contributed by atoms with E-state index in [0.29, 0.717) is 21.6 Å². The summed E-state index contributed by atoms with van der Waals surface area (Å²) in [5.41, 5.74) is 9.35. The van der Waals surface area contributed by atoms with Crippen LogP contribution in [0.25, 0.3) is 20.5 Å². The molecule has 0 unspecified atom stereocenters. The molecule has 2 aromatic carbocycles. The first kappa shape index (κ1) is 15.5. The van der Waals surface area contributed by atoms with Crippen LogP contribution < -0.4 is 5.32 Å². The number of hydrogen-bond acceptors (Lipinski definition) is 5. The van der Waals surface area contributed by atoms with Crippen LogP contribution in [0, 0.1) is 10.1 Å². The topological polar surface area (TPSA) is 121 Å². The number of amides is 1. The molecule has 0 bridgehead atoms. The molecule has 0 fully saturated rings. The van der Waals surface area contributed by atoms with Crippen molar-refractivity contribution in [3.05, 3.63) is 74.0 Å². The molecule has 0 saturated carbocycles. The standard InChI is InChI=1S/C15H9N5O3S/c16-19-18-11-3-1-10(2-4-11)17-15(21)14-8-9-7-12(20(22)23)5-6-13(9)24-14/h1-8H,(H,17,21). The van der Waals surface area contributed by atoms with E-state index < -0.39 is 4.92 Å². The van der Waals surface area contributed by atoms with Crippen molar-refractivity contribution in [1.82, 2.24) is 0 Å². The van der Waals surface area contributed by atoms with Gasteiger partial charge in [-0.15, -0.1) is 11.3 Å². The average molecular weight is 339 g/mol. The smallest absolute Gasteiger partial charge is 0.270 e. The molecule has 0 aliphatic carbocycles. The molecule has 0 saturated heterocycles. The number of fused-ring (bicyclic) bond motifs is 1. The van der Waals surface area contributed by atoms with Crippen molar-refractivity contribution in [2.45, 2.75) is 0 Å². The molecule has 0 radical (unpaired) electrons. The Balaban J connectivity index is 1.82. The molecule has 0 spiro atoms. The molecule has 0 atom stereocenters. The van der Waals surface area contributed by atoms with Crippen molar-refractivity contribution < 1.29 is 9.72 Å². The van der Waals surface area contributed by atoms with E-state index in [4.69, 9.17) is 5.53 Å². The second kappa shape index (κ2) is 6.37. The Labute approximate surface area is 139 Å². The summed E-state index contributed by atoms with van der Waals surface area (Å²) in [5.74, 6) is -0.310. The van der Waals surface area contributed by atoms with E-state index in [9.17, 15) is 14.9 Å². The molecule has 1 amide bonds. The molecule has 8 nitrogen and oxygen atoms in total. The van der Waals surface area contributed by atoms with Crippen molar-refractivity contribution in [1.29, 1.82) is 0 Å². The van der Waals surface area contributed by atoms with E-state index >= 15 is 0 Å². The number of hydrogen-bond donors (Lipinski definition) is 1. The summed E-state index contributed by atoms with van der Waals surface area (Å²) in [6.07, 6.45) is 0. The first-order valence-electron chi connectivity index (χ1n) is 6.71. The van der Waals surface area contributed by atoms with Gasteiger partial charge in [0.2, 0.25) is 0 Å². The first-order chi connectivity index (χ1) is 11.6. The molecule has 1 heterocycles. The molecule has 3 rings (SSSR count). The van der Waals surface area contributed by atoms with Gasteiger partial charge in [-0.2, -0.15) is 0 Å². The molecule has 24 heavy (non-hydrogen) atoms. The van der Waals surface area contributed by atoms with Crippen molar-refractivity contribution in [3.63, 3.8) is 0 Å². The molecular weight excluding hydrogens is 330 g/mol. The summed E-state index contributed by atoms with van der Waals surface area (Å²) in [7, 11) is 0. The minimum atomic E-state index is -0.470. The molecule has 118 valence electrons. The van der Waals surface area contributed by atoms with Crippen LogP contribution in [0.15, 0.2) is 53.6 Å². The fourth-order valence-corrected chi connectivity index (χ4v) is 3.05. The molecular formula is C15H9N5O3S. The Morgan fingerprint density at radius 1 is 1.21 bits per heavy atom. The van der Waals surface area contributed by atoms with Gasteiger partial charge in [0.25, 0.3) is 11.6 Å². The Kier molecular flexibility index (Phi) is 4.11. The fraction of sp³-hybridized carbons (Fsp3) is 0. The van der Waals surface area contributed by atoms with Gasteiger partial charge in [0, 0.05) is 38.5 Å². The second-order valence-corrected chi connectivity index (χ2v) is 5.86. The average Bonchev–Trinajstić information content (AvgIpc) is 3.00. The molecule has 0 aliphatic rings. The molecule has 0 aliphatic heterocycles. The molecule has 1 aromatic heterocycles. The summed E-state index contributed by atoms with van der Waals surface area (Å²) in [4.78, 5) is 25.8. The zero-order chi connectivity index (χ0) is 17.1. The predicted octanol–water partition coefficient (Wildman–Crippen LogP) is 5.00. The largest absolute Gasteiger partial charge is 0.321 e. The summed E-state index contributed by atoms with van der Waals surface area (Å²) in [6.45, 7) is 0. The fourth-order valence-electron chi connectivity index (χ4n) is 2.11. The van der Waals surface area contributed by atoms with E-state index in [1.807, 2.05) is 0 Å². The SMILES string of the molecule is [N-]=[N+]=Nc1ccc(NC(=O)c2cc3cc([N+](=O)[O-])ccc3s2)cc1. The second-order valence-electron chi connectivity index (χ2n) is 4.78. The molecule has 3 aromatic rings. The number of carbonyl (C=O) groups excluding carboxylic acids is 1. The number of carbonyl (C=O) groups is 1. The van der Waals surface area contributed by atoms with Crippen LogP contribution in [0.3, 0.4) is 0 Å². The molecule has 9 heteroatoms. The Hall–Kier alpha value is -3.42. The van der Waals surface area contributed by atoms with Gasteiger partial charge in [-0.25, -0.2) is 0 Å². The van der Waals surface area contributed by atoms with Crippen LogP contribution in [0.2, 0.25) is 0 Å². The number of anilines is 1. The molecule has 1 N–H and O–H groups in total. The monoisotopic (exact) mass is 339 g/mol. The van der Waals surface area contributed by atoms with Gasteiger partial charge in [0.15, 0.2) is 0 Å². The highest BCUT2D eigenvalue weighted by atomic mass is 32.1. The minimum absolute atomic E-state index is 0.0131. The van der Waals surface area contributed by atoms with E-state index in [1.165, 1.54) is 23.5 Å². The Bertz CT molecular complexity index is 990. The summed E-state index contributed by atoms with van der Waals surface area (Å²) >= 11 is 1.26. The third kappa shape index (κ3) is 3.17. The quantitative estimate of drug-likeness (QED) is 0.236. The number of benzene rings is 2. The number of nitrogens with zero attached hydrogens (tertiary/aromatic N) is 4. The number of non-ortho nitro benzene ring substituents is 1. The maximum atomic E-state index is 12.3. The summed E-state index contributed by atoms with van der Waals surface area (Å²) in [5, 5.41) is 17.6. The Morgan fingerprint density at radius 2 is 1.96 bits per heavy atom. The van der Waals surface area contributed by atoms with Crippen LogP contribution in [0.5, 0.6) is 0 Å². The van der Waals surface area contributed by atoms with E-state index in [0.717, 1.165) is 4.70 Å². The van der Waals surface area contributed by atoms with Crippen LogP contribution in [-0.2, 0) is 0 Å².